The number of benzene rings is 1. The van der Waals surface area contributed by atoms with E-state index in [2.05, 4.69) is 0 Å². The molecule has 0 bridgehead atoms. The molecule has 0 radical (unpaired) electrons. The van der Waals surface area contributed by atoms with E-state index in [-0.39, 0.29) is 18.2 Å². The fourth-order valence-corrected chi connectivity index (χ4v) is 1.92. The summed E-state index contributed by atoms with van der Waals surface area (Å²) in [5.74, 6) is -0.0379. The number of Topliss-reactive ketones (excluding diaryl/α,β-unsaturated/α-hetero) is 1. The molecule has 4 nitrogen and oxygen atoms in total. The Morgan fingerprint density at radius 1 is 1.31 bits per heavy atom. The van der Waals surface area contributed by atoms with Crippen LogP contribution >= 0.6 is 0 Å². The van der Waals surface area contributed by atoms with E-state index in [1.165, 1.54) is 6.92 Å². The summed E-state index contributed by atoms with van der Waals surface area (Å²) in [4.78, 5) is 26.4. The minimum absolute atomic E-state index is 0.00675. The van der Waals surface area contributed by atoms with Crippen LogP contribution in [0.5, 0.6) is 0 Å². The fourth-order valence-electron chi connectivity index (χ4n) is 1.92. The number of amides is 1. The highest BCUT2D eigenvalue weighted by Crippen LogP contribution is 2.31. The van der Waals surface area contributed by atoms with Gasteiger partial charge in [0.05, 0.1) is 24.5 Å². The average Bonchev–Trinajstić information content (AvgIpc) is 2.24. The monoisotopic (exact) mass is 218 g/mol. The van der Waals surface area contributed by atoms with Crippen molar-refractivity contribution >= 4 is 23.1 Å². The van der Waals surface area contributed by atoms with Gasteiger partial charge in [-0.15, -0.1) is 0 Å². The summed E-state index contributed by atoms with van der Waals surface area (Å²) < 4.78 is 0. The maximum absolute atomic E-state index is 11.8. The molecule has 1 aliphatic heterocycles. The van der Waals surface area contributed by atoms with Crippen molar-refractivity contribution in [3.63, 3.8) is 0 Å². The van der Waals surface area contributed by atoms with E-state index in [1.54, 1.807) is 4.90 Å². The SMILES string of the molecule is CC(=O)CN1C(=O)CN(C)c2ccccc21. The first-order chi connectivity index (χ1) is 7.59. The summed E-state index contributed by atoms with van der Waals surface area (Å²) in [5.41, 5.74) is 1.81. The number of hydrogen-bond acceptors (Lipinski definition) is 3. The second-order valence-corrected chi connectivity index (χ2v) is 4.03. The highest BCUT2D eigenvalue weighted by molar-refractivity contribution is 6.06. The first-order valence-electron chi connectivity index (χ1n) is 5.19. The molecule has 2 rings (SSSR count). The van der Waals surface area contributed by atoms with Crippen LogP contribution in [0.2, 0.25) is 0 Å². The van der Waals surface area contributed by atoms with Crippen molar-refractivity contribution in [1.29, 1.82) is 0 Å². The molecule has 0 fully saturated rings. The van der Waals surface area contributed by atoms with Gasteiger partial charge in [-0.25, -0.2) is 0 Å². The molecule has 0 aromatic heterocycles. The number of carbonyl (C=O) groups excluding carboxylic acids is 2. The number of fused-ring (bicyclic) bond motifs is 1. The van der Waals surface area contributed by atoms with Crippen LogP contribution in [0, 0.1) is 0 Å². The Morgan fingerprint density at radius 2 is 1.94 bits per heavy atom. The van der Waals surface area contributed by atoms with E-state index in [0.717, 1.165) is 11.4 Å². The van der Waals surface area contributed by atoms with Crippen molar-refractivity contribution in [3.05, 3.63) is 24.3 Å². The van der Waals surface area contributed by atoms with Crippen LogP contribution in [0.15, 0.2) is 24.3 Å². The number of carbonyl (C=O) groups is 2. The molecule has 0 unspecified atom stereocenters. The van der Waals surface area contributed by atoms with Crippen molar-refractivity contribution in [2.45, 2.75) is 6.92 Å². The summed E-state index contributed by atoms with van der Waals surface area (Å²) in [7, 11) is 1.88. The van der Waals surface area contributed by atoms with Crippen LogP contribution in [0.25, 0.3) is 0 Å². The Labute approximate surface area is 94.5 Å². The molecule has 16 heavy (non-hydrogen) atoms. The summed E-state index contributed by atoms with van der Waals surface area (Å²) in [6.07, 6.45) is 0. The standard InChI is InChI=1S/C12H14N2O2/c1-9(15)7-14-11-6-4-3-5-10(11)13(2)8-12(14)16/h3-6H,7-8H2,1-2H3. The largest absolute Gasteiger partial charge is 0.364 e. The average molecular weight is 218 g/mol. The predicted molar refractivity (Wildman–Crippen MR) is 62.7 cm³/mol. The highest BCUT2D eigenvalue weighted by atomic mass is 16.2. The van der Waals surface area contributed by atoms with Crippen LogP contribution in [0.1, 0.15) is 6.92 Å². The van der Waals surface area contributed by atoms with E-state index in [4.69, 9.17) is 0 Å². The molecule has 4 heteroatoms. The van der Waals surface area contributed by atoms with E-state index in [9.17, 15) is 9.59 Å². The molecule has 0 saturated heterocycles. The third kappa shape index (κ3) is 1.78. The number of likely N-dealkylation sites (N-methyl/N-ethyl adjacent to an activating group) is 1. The summed E-state index contributed by atoms with van der Waals surface area (Å²) in [5, 5.41) is 0. The number of ketones is 1. The van der Waals surface area contributed by atoms with Crippen LogP contribution in [-0.2, 0) is 9.59 Å². The van der Waals surface area contributed by atoms with Crippen molar-refractivity contribution in [2.75, 3.05) is 29.9 Å². The van der Waals surface area contributed by atoms with Crippen molar-refractivity contribution < 1.29 is 9.59 Å². The van der Waals surface area contributed by atoms with Gasteiger partial charge in [0.15, 0.2) is 0 Å². The molecular weight excluding hydrogens is 204 g/mol. The molecule has 84 valence electrons. The molecule has 1 amide bonds. The lowest BCUT2D eigenvalue weighted by Crippen LogP contribution is -2.46. The fraction of sp³-hybridized carbons (Fsp3) is 0.333. The minimum Gasteiger partial charge on any atom is -0.364 e. The Kier molecular flexibility index (Phi) is 2.64. The van der Waals surface area contributed by atoms with Gasteiger partial charge in [0.25, 0.3) is 0 Å². The number of nitrogens with zero attached hydrogens (tertiary/aromatic N) is 2. The lowest BCUT2D eigenvalue weighted by Gasteiger charge is -2.34. The van der Waals surface area contributed by atoms with Gasteiger partial charge in [-0.2, -0.15) is 0 Å². The third-order valence-electron chi connectivity index (χ3n) is 2.64. The van der Waals surface area contributed by atoms with Crippen LogP contribution < -0.4 is 9.80 Å². The molecule has 1 aromatic rings. The second-order valence-electron chi connectivity index (χ2n) is 4.03. The van der Waals surface area contributed by atoms with E-state index in [0.29, 0.717) is 6.54 Å². The lowest BCUT2D eigenvalue weighted by atomic mass is 10.1. The van der Waals surface area contributed by atoms with Gasteiger partial charge in [0.1, 0.15) is 5.78 Å². The minimum atomic E-state index is -0.0311. The zero-order valence-electron chi connectivity index (χ0n) is 9.43. The van der Waals surface area contributed by atoms with E-state index >= 15 is 0 Å². The predicted octanol–water partition coefficient (Wildman–Crippen LogP) is 1.06. The van der Waals surface area contributed by atoms with E-state index < -0.39 is 0 Å². The molecule has 1 aliphatic rings. The normalized spacial score (nSPS) is 15.0. The molecule has 0 spiro atoms. The molecule has 1 heterocycles. The van der Waals surface area contributed by atoms with Gasteiger partial charge in [0.2, 0.25) is 5.91 Å². The number of hydrogen-bond donors (Lipinski definition) is 0. The number of rotatable bonds is 2. The second kappa shape index (κ2) is 3.96. The molecule has 1 aromatic carbocycles. The summed E-state index contributed by atoms with van der Waals surface area (Å²) >= 11 is 0. The lowest BCUT2D eigenvalue weighted by molar-refractivity contribution is -0.121. The van der Waals surface area contributed by atoms with Crippen molar-refractivity contribution in [3.8, 4) is 0 Å². The molecular formula is C12H14N2O2. The van der Waals surface area contributed by atoms with Gasteiger partial charge in [0, 0.05) is 7.05 Å². The molecule has 0 N–H and O–H groups in total. The Hall–Kier alpha value is -1.84. The Morgan fingerprint density at radius 3 is 2.56 bits per heavy atom. The Balaban J connectivity index is 2.42. The third-order valence-corrected chi connectivity index (χ3v) is 2.64. The van der Waals surface area contributed by atoms with Gasteiger partial charge in [-0.05, 0) is 19.1 Å². The van der Waals surface area contributed by atoms with Crippen molar-refractivity contribution in [2.24, 2.45) is 0 Å². The molecule has 0 atom stereocenters. The summed E-state index contributed by atoms with van der Waals surface area (Å²) in [6.45, 7) is 1.97. The van der Waals surface area contributed by atoms with Crippen LogP contribution in [-0.4, -0.2) is 31.8 Å². The zero-order valence-corrected chi connectivity index (χ0v) is 9.43. The molecule has 0 aliphatic carbocycles. The van der Waals surface area contributed by atoms with Crippen molar-refractivity contribution in [1.82, 2.24) is 0 Å². The number of para-hydroxylation sites is 2. The topological polar surface area (TPSA) is 40.6 Å². The van der Waals surface area contributed by atoms with Gasteiger partial charge in [-0.1, -0.05) is 12.1 Å². The zero-order chi connectivity index (χ0) is 11.7. The van der Waals surface area contributed by atoms with Gasteiger partial charge >= 0.3 is 0 Å². The number of anilines is 2. The first kappa shape index (κ1) is 10.7. The Bertz CT molecular complexity index is 442. The van der Waals surface area contributed by atoms with E-state index in [1.807, 2.05) is 36.2 Å². The quantitative estimate of drug-likeness (QED) is 0.745. The van der Waals surface area contributed by atoms with Crippen LogP contribution in [0.4, 0.5) is 11.4 Å². The maximum Gasteiger partial charge on any atom is 0.246 e. The van der Waals surface area contributed by atoms with Gasteiger partial charge < -0.3 is 9.80 Å². The van der Waals surface area contributed by atoms with Gasteiger partial charge in [-0.3, -0.25) is 9.59 Å². The first-order valence-corrected chi connectivity index (χ1v) is 5.19. The molecule has 0 saturated carbocycles. The highest BCUT2D eigenvalue weighted by Gasteiger charge is 2.27. The van der Waals surface area contributed by atoms with Crippen LogP contribution in [0.3, 0.4) is 0 Å². The smallest absolute Gasteiger partial charge is 0.246 e. The maximum atomic E-state index is 11.8. The summed E-state index contributed by atoms with van der Waals surface area (Å²) in [6, 6.07) is 7.62.